The highest BCUT2D eigenvalue weighted by atomic mass is 16.6. The maximum Gasteiger partial charge on any atom is 0.420 e. The molecule has 1 aromatic heterocycles. The van der Waals surface area contributed by atoms with E-state index in [9.17, 15) is 4.79 Å². The van der Waals surface area contributed by atoms with E-state index in [0.29, 0.717) is 37.9 Å². The molecule has 1 atom stereocenters. The molecule has 2 heterocycles. The number of nitrogens with zero attached hydrogens (tertiary/aromatic N) is 1. The van der Waals surface area contributed by atoms with Crippen LogP contribution in [0.4, 0.5) is 0 Å². The first-order valence-corrected chi connectivity index (χ1v) is 9.71. The Kier molecular flexibility index (Phi) is 4.52. The van der Waals surface area contributed by atoms with Gasteiger partial charge in [0.2, 0.25) is 0 Å². The van der Waals surface area contributed by atoms with Crippen LogP contribution in [0, 0.1) is 17.8 Å². The van der Waals surface area contributed by atoms with Gasteiger partial charge in [-0.05, 0) is 48.2 Å². The predicted octanol–water partition coefficient (Wildman–Crippen LogP) is 3.44. The van der Waals surface area contributed by atoms with Crippen molar-refractivity contribution >= 4 is 11.1 Å². The third-order valence-corrected chi connectivity index (χ3v) is 5.15. The summed E-state index contributed by atoms with van der Waals surface area (Å²) in [6, 6.07) is 14.0. The van der Waals surface area contributed by atoms with Crippen molar-refractivity contribution in [3.63, 3.8) is 0 Å². The van der Waals surface area contributed by atoms with Crippen molar-refractivity contribution in [2.24, 2.45) is 5.92 Å². The van der Waals surface area contributed by atoms with Crippen molar-refractivity contribution < 1.29 is 13.9 Å². The highest BCUT2D eigenvalue weighted by Gasteiger charge is 2.19. The van der Waals surface area contributed by atoms with E-state index in [2.05, 4.69) is 24.0 Å². The van der Waals surface area contributed by atoms with Crippen LogP contribution in [0.5, 0.6) is 0 Å². The second-order valence-corrected chi connectivity index (χ2v) is 7.35. The van der Waals surface area contributed by atoms with Gasteiger partial charge in [0, 0.05) is 11.5 Å². The van der Waals surface area contributed by atoms with Gasteiger partial charge in [0.1, 0.15) is 0 Å². The van der Waals surface area contributed by atoms with Crippen LogP contribution in [-0.2, 0) is 16.0 Å². The van der Waals surface area contributed by atoms with Gasteiger partial charge in [-0.2, -0.15) is 0 Å². The monoisotopic (exact) mass is 375 g/mol. The molecule has 28 heavy (non-hydrogen) atoms. The maximum atomic E-state index is 12.3. The number of hydrogen-bond acceptors (Lipinski definition) is 4. The molecule has 1 aliphatic heterocycles. The van der Waals surface area contributed by atoms with E-state index in [1.165, 1.54) is 12.8 Å². The molecule has 2 aromatic carbocycles. The van der Waals surface area contributed by atoms with Gasteiger partial charge in [-0.25, -0.2) is 4.79 Å². The third kappa shape index (κ3) is 3.62. The number of ether oxygens (including phenoxy) is 2. The Morgan fingerprint density at radius 2 is 1.86 bits per heavy atom. The van der Waals surface area contributed by atoms with Gasteiger partial charge >= 0.3 is 5.76 Å². The molecule has 1 unspecified atom stereocenters. The standard InChI is InChI=1S/C23H21NO4/c25-23-24(14-20-15-26-11-12-27-20)21-13-19(9-10-22(21)28-23)18-7-5-17(6-8-18)4-3-16-1-2-16/h5-10,13,16,20H,1-2,11-12,14-15H2. The topological polar surface area (TPSA) is 53.6 Å². The lowest BCUT2D eigenvalue weighted by Crippen LogP contribution is -2.34. The molecule has 0 N–H and O–H groups in total. The summed E-state index contributed by atoms with van der Waals surface area (Å²) in [6.45, 7) is 2.06. The Morgan fingerprint density at radius 1 is 1.04 bits per heavy atom. The van der Waals surface area contributed by atoms with Crippen LogP contribution in [0.2, 0.25) is 0 Å². The van der Waals surface area contributed by atoms with Crippen LogP contribution in [-0.4, -0.2) is 30.5 Å². The quantitative estimate of drug-likeness (QED) is 0.658. The summed E-state index contributed by atoms with van der Waals surface area (Å²) >= 11 is 0. The molecule has 142 valence electrons. The van der Waals surface area contributed by atoms with E-state index in [1.54, 1.807) is 4.57 Å². The van der Waals surface area contributed by atoms with Crippen LogP contribution < -0.4 is 5.76 Å². The molecule has 1 aliphatic carbocycles. The summed E-state index contributed by atoms with van der Waals surface area (Å²) in [4.78, 5) is 12.3. The van der Waals surface area contributed by atoms with Gasteiger partial charge in [-0.1, -0.05) is 30.0 Å². The van der Waals surface area contributed by atoms with Crippen molar-refractivity contribution in [3.8, 4) is 23.0 Å². The van der Waals surface area contributed by atoms with E-state index >= 15 is 0 Å². The smallest absolute Gasteiger partial charge is 0.408 e. The van der Waals surface area contributed by atoms with Gasteiger partial charge < -0.3 is 13.9 Å². The number of benzene rings is 2. The van der Waals surface area contributed by atoms with E-state index in [-0.39, 0.29) is 11.9 Å². The Hall–Kier alpha value is -2.81. The highest BCUT2D eigenvalue weighted by molar-refractivity contribution is 5.80. The predicted molar refractivity (Wildman–Crippen MR) is 106 cm³/mol. The second-order valence-electron chi connectivity index (χ2n) is 7.35. The lowest BCUT2D eigenvalue weighted by atomic mass is 10.0. The van der Waals surface area contributed by atoms with Crippen molar-refractivity contribution in [1.82, 2.24) is 4.57 Å². The molecule has 5 rings (SSSR count). The molecular weight excluding hydrogens is 354 g/mol. The van der Waals surface area contributed by atoms with E-state index in [4.69, 9.17) is 13.9 Å². The number of aromatic nitrogens is 1. The lowest BCUT2D eigenvalue weighted by molar-refractivity contribution is -0.0937. The average Bonchev–Trinajstić information content (AvgIpc) is 3.52. The largest absolute Gasteiger partial charge is 0.420 e. The van der Waals surface area contributed by atoms with E-state index in [1.807, 2.05) is 30.3 Å². The number of fused-ring (bicyclic) bond motifs is 1. The minimum absolute atomic E-state index is 0.139. The van der Waals surface area contributed by atoms with Crippen LogP contribution >= 0.6 is 0 Å². The molecule has 1 saturated carbocycles. The molecule has 0 radical (unpaired) electrons. The fourth-order valence-corrected chi connectivity index (χ4v) is 3.42. The van der Waals surface area contributed by atoms with Crippen LogP contribution in [0.25, 0.3) is 22.2 Å². The van der Waals surface area contributed by atoms with Gasteiger partial charge in [0.15, 0.2) is 5.58 Å². The minimum atomic E-state index is -0.368. The molecule has 0 spiro atoms. The van der Waals surface area contributed by atoms with E-state index < -0.39 is 0 Å². The lowest BCUT2D eigenvalue weighted by Gasteiger charge is -2.22. The Labute approximate surface area is 162 Å². The van der Waals surface area contributed by atoms with Crippen LogP contribution in [0.1, 0.15) is 18.4 Å². The molecule has 1 saturated heterocycles. The van der Waals surface area contributed by atoms with Crippen molar-refractivity contribution in [2.75, 3.05) is 19.8 Å². The van der Waals surface area contributed by atoms with Crippen molar-refractivity contribution in [3.05, 3.63) is 58.6 Å². The minimum Gasteiger partial charge on any atom is -0.408 e. The second kappa shape index (κ2) is 7.31. The first-order chi connectivity index (χ1) is 13.8. The summed E-state index contributed by atoms with van der Waals surface area (Å²) in [5.41, 5.74) is 4.50. The Morgan fingerprint density at radius 3 is 2.61 bits per heavy atom. The average molecular weight is 375 g/mol. The first-order valence-electron chi connectivity index (χ1n) is 9.71. The van der Waals surface area contributed by atoms with Gasteiger partial charge in [-0.3, -0.25) is 4.57 Å². The number of oxazole rings is 1. The third-order valence-electron chi connectivity index (χ3n) is 5.15. The summed E-state index contributed by atoms with van der Waals surface area (Å²) in [5.74, 6) is 6.75. The van der Waals surface area contributed by atoms with E-state index in [0.717, 1.165) is 22.2 Å². The first kappa shape index (κ1) is 17.3. The van der Waals surface area contributed by atoms with Crippen molar-refractivity contribution in [2.45, 2.75) is 25.5 Å². The fourth-order valence-electron chi connectivity index (χ4n) is 3.42. The van der Waals surface area contributed by atoms with Gasteiger partial charge in [-0.15, -0.1) is 0 Å². The summed E-state index contributed by atoms with van der Waals surface area (Å²) in [7, 11) is 0. The zero-order chi connectivity index (χ0) is 18.9. The fraction of sp³-hybridized carbons (Fsp3) is 0.348. The molecule has 0 amide bonds. The normalized spacial score (nSPS) is 19.4. The zero-order valence-electron chi connectivity index (χ0n) is 15.5. The Bertz CT molecular complexity index is 1100. The number of hydrogen-bond donors (Lipinski definition) is 0. The molecule has 0 bridgehead atoms. The zero-order valence-corrected chi connectivity index (χ0v) is 15.5. The van der Waals surface area contributed by atoms with Crippen molar-refractivity contribution in [1.29, 1.82) is 0 Å². The molecule has 2 fully saturated rings. The molecular formula is C23H21NO4. The van der Waals surface area contributed by atoms with Gasteiger partial charge in [0.25, 0.3) is 0 Å². The summed E-state index contributed by atoms with van der Waals surface area (Å²) in [6.07, 6.45) is 2.32. The molecule has 5 heteroatoms. The van der Waals surface area contributed by atoms with Crippen LogP contribution in [0.15, 0.2) is 51.7 Å². The maximum absolute atomic E-state index is 12.3. The number of rotatable bonds is 3. The summed E-state index contributed by atoms with van der Waals surface area (Å²) in [5, 5.41) is 0. The molecule has 2 aliphatic rings. The van der Waals surface area contributed by atoms with Crippen LogP contribution in [0.3, 0.4) is 0 Å². The van der Waals surface area contributed by atoms with Gasteiger partial charge in [0.05, 0.1) is 38.0 Å². The Balaban J connectivity index is 1.44. The summed E-state index contributed by atoms with van der Waals surface area (Å²) < 4.78 is 18.2. The highest BCUT2D eigenvalue weighted by Crippen LogP contribution is 2.28. The molecule has 5 nitrogen and oxygen atoms in total. The molecule has 3 aromatic rings. The SMILES string of the molecule is O=c1oc2ccc(-c3ccc(C#CC4CC4)cc3)cc2n1CC1COCCO1.